The van der Waals surface area contributed by atoms with Crippen LogP contribution in [0.2, 0.25) is 0 Å². The number of carbonyl (C=O) groups is 1. The smallest absolute Gasteiger partial charge is 0.225 e. The van der Waals surface area contributed by atoms with E-state index in [9.17, 15) is 13.6 Å². The van der Waals surface area contributed by atoms with Gasteiger partial charge in [-0.15, -0.1) is 0 Å². The molecule has 0 bridgehead atoms. The number of oxime groups is 1. The molecule has 0 fully saturated rings. The lowest BCUT2D eigenvalue weighted by Crippen LogP contribution is -2.39. The van der Waals surface area contributed by atoms with Crippen LogP contribution in [-0.2, 0) is 16.2 Å². The van der Waals surface area contributed by atoms with E-state index in [1.54, 1.807) is 21.0 Å². The van der Waals surface area contributed by atoms with Crippen LogP contribution in [0.25, 0.3) is 0 Å². The highest BCUT2D eigenvalue weighted by Crippen LogP contribution is 2.25. The van der Waals surface area contributed by atoms with Crippen LogP contribution in [0.4, 0.5) is 8.78 Å². The highest BCUT2D eigenvalue weighted by molar-refractivity contribution is 6.03. The van der Waals surface area contributed by atoms with E-state index in [-0.39, 0.29) is 36.6 Å². The lowest BCUT2D eigenvalue weighted by molar-refractivity contribution is -0.137. The number of para-hydroxylation sites is 1. The third-order valence-corrected chi connectivity index (χ3v) is 4.76. The number of benzene rings is 2. The maximum absolute atomic E-state index is 14.1. The summed E-state index contributed by atoms with van der Waals surface area (Å²) in [5.41, 5.74) is 1.82. The molecule has 1 aliphatic rings. The molecule has 0 spiro atoms. The first-order valence-corrected chi connectivity index (χ1v) is 9.47. The highest BCUT2D eigenvalue weighted by Gasteiger charge is 2.29. The second-order valence-electron chi connectivity index (χ2n) is 7.28. The summed E-state index contributed by atoms with van der Waals surface area (Å²) in [6.45, 7) is 3.84. The van der Waals surface area contributed by atoms with Gasteiger partial charge in [-0.3, -0.25) is 4.79 Å². The Labute approximate surface area is 168 Å². The van der Waals surface area contributed by atoms with Gasteiger partial charge < -0.3 is 14.5 Å². The van der Waals surface area contributed by atoms with Crippen molar-refractivity contribution in [3.63, 3.8) is 0 Å². The van der Waals surface area contributed by atoms with Crippen LogP contribution < -0.4 is 4.74 Å². The molecule has 7 heteroatoms. The summed E-state index contributed by atoms with van der Waals surface area (Å²) in [5.74, 6) is -1.04. The van der Waals surface area contributed by atoms with Gasteiger partial charge in [-0.2, -0.15) is 0 Å². The molecular formula is C22H24F2N2O3. The van der Waals surface area contributed by atoms with Crippen molar-refractivity contribution < 1.29 is 23.1 Å². The third-order valence-electron chi connectivity index (χ3n) is 4.76. The van der Waals surface area contributed by atoms with E-state index in [1.165, 1.54) is 17.0 Å². The summed E-state index contributed by atoms with van der Waals surface area (Å²) in [4.78, 5) is 19.8. The van der Waals surface area contributed by atoms with Gasteiger partial charge in [0.25, 0.3) is 0 Å². The molecule has 29 heavy (non-hydrogen) atoms. The number of amides is 1. The lowest BCUT2D eigenvalue weighted by atomic mass is 10.0. The molecule has 0 aromatic heterocycles. The molecule has 2 aromatic rings. The van der Waals surface area contributed by atoms with Gasteiger partial charge in [-0.05, 0) is 18.2 Å². The number of methoxy groups -OCH3 is 1. The molecule has 0 radical (unpaired) electrons. The minimum atomic E-state index is -0.676. The Bertz CT molecular complexity index is 915. The van der Waals surface area contributed by atoms with E-state index in [4.69, 9.17) is 9.57 Å². The van der Waals surface area contributed by atoms with Crippen molar-refractivity contribution in [1.29, 1.82) is 0 Å². The van der Waals surface area contributed by atoms with E-state index in [0.29, 0.717) is 12.2 Å². The van der Waals surface area contributed by atoms with Crippen molar-refractivity contribution >= 4 is 11.6 Å². The Morgan fingerprint density at radius 3 is 2.72 bits per heavy atom. The van der Waals surface area contributed by atoms with Gasteiger partial charge in [-0.1, -0.05) is 37.2 Å². The fraction of sp³-hybridized carbons (Fsp3) is 0.364. The molecule has 0 N–H and O–H groups in total. The predicted octanol–water partition coefficient (Wildman–Crippen LogP) is 4.15. The summed E-state index contributed by atoms with van der Waals surface area (Å²) in [6, 6.07) is 10.9. The Hall–Kier alpha value is -2.96. The van der Waals surface area contributed by atoms with Crippen molar-refractivity contribution in [2.75, 3.05) is 13.7 Å². The van der Waals surface area contributed by atoms with Gasteiger partial charge in [-0.25, -0.2) is 8.78 Å². The largest absolute Gasteiger partial charge is 0.496 e. The van der Waals surface area contributed by atoms with E-state index < -0.39 is 11.6 Å². The summed E-state index contributed by atoms with van der Waals surface area (Å²) in [5, 5.41) is 4.16. The SMILES string of the molecule is COc1ccccc1C1=NO[C@H](CN(Cc2ccc(F)cc2F)C(=O)C(C)C)C1. The van der Waals surface area contributed by atoms with Crippen LogP contribution in [0.3, 0.4) is 0 Å². The van der Waals surface area contributed by atoms with E-state index in [1.807, 2.05) is 24.3 Å². The first-order valence-electron chi connectivity index (χ1n) is 9.47. The number of hydrogen-bond donors (Lipinski definition) is 0. The third kappa shape index (κ3) is 4.91. The van der Waals surface area contributed by atoms with Gasteiger partial charge in [0.05, 0.1) is 19.4 Å². The molecule has 1 atom stereocenters. The normalized spacial score (nSPS) is 15.8. The molecule has 1 aliphatic heterocycles. The van der Waals surface area contributed by atoms with E-state index in [2.05, 4.69) is 5.16 Å². The number of ether oxygens (including phenoxy) is 1. The van der Waals surface area contributed by atoms with Crippen LogP contribution in [0.15, 0.2) is 47.6 Å². The number of hydrogen-bond acceptors (Lipinski definition) is 4. The minimum Gasteiger partial charge on any atom is -0.496 e. The highest BCUT2D eigenvalue weighted by atomic mass is 19.1. The first kappa shape index (κ1) is 20.8. The van der Waals surface area contributed by atoms with Gasteiger partial charge in [0.15, 0.2) is 6.10 Å². The fourth-order valence-corrected chi connectivity index (χ4v) is 3.27. The topological polar surface area (TPSA) is 51.1 Å². The average Bonchev–Trinajstić information content (AvgIpc) is 3.17. The standard InChI is InChI=1S/C22H24F2N2O3/c1-14(2)22(27)26(12-15-8-9-16(23)10-19(15)24)13-17-11-20(25-29-17)18-6-4-5-7-21(18)28-3/h4-10,14,17H,11-13H2,1-3H3/t17-/m0/s1. The molecule has 0 aliphatic carbocycles. The first-order chi connectivity index (χ1) is 13.9. The minimum absolute atomic E-state index is 0.0347. The average molecular weight is 402 g/mol. The fourth-order valence-electron chi connectivity index (χ4n) is 3.27. The van der Waals surface area contributed by atoms with E-state index >= 15 is 0 Å². The van der Waals surface area contributed by atoms with Gasteiger partial charge in [0.2, 0.25) is 5.91 Å². The summed E-state index contributed by atoms with van der Waals surface area (Å²) < 4.78 is 32.7. The van der Waals surface area contributed by atoms with Gasteiger partial charge in [0, 0.05) is 36.1 Å². The Balaban J connectivity index is 1.73. The molecule has 2 aromatic carbocycles. The van der Waals surface area contributed by atoms with Crippen molar-refractivity contribution in [3.8, 4) is 5.75 Å². The number of rotatable bonds is 7. The zero-order chi connectivity index (χ0) is 21.0. The van der Waals surface area contributed by atoms with Crippen molar-refractivity contribution in [1.82, 2.24) is 4.90 Å². The van der Waals surface area contributed by atoms with Gasteiger partial charge in [0.1, 0.15) is 17.4 Å². The monoisotopic (exact) mass is 402 g/mol. The second-order valence-corrected chi connectivity index (χ2v) is 7.28. The Morgan fingerprint density at radius 2 is 2.03 bits per heavy atom. The van der Waals surface area contributed by atoms with Crippen LogP contribution in [-0.4, -0.2) is 36.3 Å². The molecule has 0 saturated carbocycles. The molecule has 5 nitrogen and oxygen atoms in total. The molecule has 1 amide bonds. The zero-order valence-corrected chi connectivity index (χ0v) is 16.7. The second kappa shape index (κ2) is 9.03. The zero-order valence-electron chi connectivity index (χ0n) is 16.7. The lowest BCUT2D eigenvalue weighted by Gasteiger charge is -2.26. The maximum Gasteiger partial charge on any atom is 0.225 e. The molecule has 154 valence electrons. The molecule has 0 saturated heterocycles. The molecule has 0 unspecified atom stereocenters. The Morgan fingerprint density at radius 1 is 1.28 bits per heavy atom. The summed E-state index contributed by atoms with van der Waals surface area (Å²) in [6.07, 6.45) is 0.134. The number of carbonyl (C=O) groups excluding carboxylic acids is 1. The summed E-state index contributed by atoms with van der Waals surface area (Å²) >= 11 is 0. The predicted molar refractivity (Wildman–Crippen MR) is 106 cm³/mol. The maximum atomic E-state index is 14.1. The van der Waals surface area contributed by atoms with Crippen LogP contribution >= 0.6 is 0 Å². The summed E-state index contributed by atoms with van der Waals surface area (Å²) in [7, 11) is 1.59. The van der Waals surface area contributed by atoms with Crippen molar-refractivity contribution in [2.45, 2.75) is 32.9 Å². The molecular weight excluding hydrogens is 378 g/mol. The van der Waals surface area contributed by atoms with Crippen molar-refractivity contribution in [2.24, 2.45) is 11.1 Å². The number of halogens is 2. The van der Waals surface area contributed by atoms with Crippen molar-refractivity contribution in [3.05, 3.63) is 65.2 Å². The van der Waals surface area contributed by atoms with Crippen LogP contribution in [0, 0.1) is 17.6 Å². The quantitative estimate of drug-likeness (QED) is 0.699. The van der Waals surface area contributed by atoms with Gasteiger partial charge >= 0.3 is 0 Å². The molecule has 1 heterocycles. The molecule has 3 rings (SSSR count). The number of nitrogens with zero attached hydrogens (tertiary/aromatic N) is 2. The van der Waals surface area contributed by atoms with Crippen LogP contribution in [0.5, 0.6) is 5.75 Å². The van der Waals surface area contributed by atoms with Crippen LogP contribution in [0.1, 0.15) is 31.4 Å². The van der Waals surface area contributed by atoms with E-state index in [0.717, 1.165) is 17.3 Å². The Kier molecular flexibility index (Phi) is 6.46.